The molecule has 1 saturated carbocycles. The molecule has 1 fully saturated rings. The number of hydrogen-bond donors (Lipinski definition) is 0. The molecule has 0 saturated heterocycles. The van der Waals surface area contributed by atoms with Crippen molar-refractivity contribution in [1.82, 2.24) is 4.31 Å². The van der Waals surface area contributed by atoms with E-state index < -0.39 is 10.0 Å². The van der Waals surface area contributed by atoms with Crippen molar-refractivity contribution in [2.45, 2.75) is 29.5 Å². The van der Waals surface area contributed by atoms with Gasteiger partial charge in [-0.25, -0.2) is 8.42 Å². The highest BCUT2D eigenvalue weighted by Crippen LogP contribution is 2.33. The van der Waals surface area contributed by atoms with Gasteiger partial charge in [0.25, 0.3) is 10.0 Å². The van der Waals surface area contributed by atoms with Crippen LogP contribution in [-0.2, 0) is 10.0 Å². The summed E-state index contributed by atoms with van der Waals surface area (Å²) in [6.07, 6.45) is 2.08. The fourth-order valence-electron chi connectivity index (χ4n) is 1.55. The molecule has 0 N–H and O–H groups in total. The van der Waals surface area contributed by atoms with Crippen LogP contribution in [0.25, 0.3) is 0 Å². The van der Waals surface area contributed by atoms with Crippen LogP contribution in [0, 0.1) is 11.3 Å². The van der Waals surface area contributed by atoms with Gasteiger partial charge in [-0.15, -0.1) is 11.3 Å². The smallest absolute Gasteiger partial charge is 0.206 e. The first-order chi connectivity index (χ1) is 7.66. The normalized spacial score (nSPS) is 16.2. The first-order valence-corrected chi connectivity index (χ1v) is 7.40. The van der Waals surface area contributed by atoms with Crippen LogP contribution in [0.15, 0.2) is 21.7 Å². The predicted octanol–water partition coefficient (Wildman–Crippen LogP) is 1.81. The SMILES string of the molecule is N#CCCN(C1CC1)S(=O)(=O)c1cccs1. The topological polar surface area (TPSA) is 61.2 Å². The molecule has 0 spiro atoms. The molecule has 1 aromatic rings. The van der Waals surface area contributed by atoms with Crippen molar-refractivity contribution >= 4 is 21.4 Å². The minimum atomic E-state index is -3.37. The lowest BCUT2D eigenvalue weighted by Gasteiger charge is -2.19. The highest BCUT2D eigenvalue weighted by atomic mass is 32.2. The summed E-state index contributed by atoms with van der Waals surface area (Å²) >= 11 is 1.22. The maximum atomic E-state index is 12.2. The molecule has 0 amide bonds. The van der Waals surface area contributed by atoms with E-state index in [2.05, 4.69) is 0 Å². The van der Waals surface area contributed by atoms with Gasteiger partial charge < -0.3 is 0 Å². The zero-order valence-electron chi connectivity index (χ0n) is 8.67. The Bertz CT molecular complexity index is 483. The molecule has 0 radical (unpaired) electrons. The molecule has 4 nitrogen and oxygen atoms in total. The molecular weight excluding hydrogens is 244 g/mol. The second kappa shape index (κ2) is 4.53. The number of nitriles is 1. The largest absolute Gasteiger partial charge is 0.252 e. The van der Waals surface area contributed by atoms with E-state index in [9.17, 15) is 8.42 Å². The fourth-order valence-corrected chi connectivity index (χ4v) is 4.35. The third-order valence-corrected chi connectivity index (χ3v) is 5.78. The van der Waals surface area contributed by atoms with Crippen molar-refractivity contribution in [2.24, 2.45) is 0 Å². The molecule has 16 heavy (non-hydrogen) atoms. The van der Waals surface area contributed by atoms with E-state index in [0.29, 0.717) is 10.8 Å². The highest BCUT2D eigenvalue weighted by molar-refractivity contribution is 7.91. The molecule has 2 rings (SSSR count). The summed E-state index contributed by atoms with van der Waals surface area (Å²) in [6, 6.07) is 5.45. The van der Waals surface area contributed by atoms with Gasteiger partial charge in [0.2, 0.25) is 0 Å². The predicted molar refractivity (Wildman–Crippen MR) is 61.5 cm³/mol. The molecule has 0 aromatic carbocycles. The van der Waals surface area contributed by atoms with E-state index in [1.165, 1.54) is 15.6 Å². The molecule has 86 valence electrons. The number of hydrogen-bond acceptors (Lipinski definition) is 4. The molecule has 0 atom stereocenters. The molecule has 6 heteroatoms. The summed E-state index contributed by atoms with van der Waals surface area (Å²) in [5, 5.41) is 10.3. The van der Waals surface area contributed by atoms with Gasteiger partial charge in [0.1, 0.15) is 4.21 Å². The second-order valence-corrected chi connectivity index (χ2v) is 6.75. The summed E-state index contributed by atoms with van der Waals surface area (Å²) in [7, 11) is -3.37. The van der Waals surface area contributed by atoms with Crippen molar-refractivity contribution in [2.75, 3.05) is 6.54 Å². The van der Waals surface area contributed by atoms with E-state index in [4.69, 9.17) is 5.26 Å². The lowest BCUT2D eigenvalue weighted by molar-refractivity contribution is 0.412. The van der Waals surface area contributed by atoms with Gasteiger partial charge in [-0.1, -0.05) is 6.07 Å². The Morgan fingerprint density at radius 2 is 2.31 bits per heavy atom. The van der Waals surface area contributed by atoms with E-state index in [-0.39, 0.29) is 12.5 Å². The zero-order valence-corrected chi connectivity index (χ0v) is 10.3. The fraction of sp³-hybridized carbons (Fsp3) is 0.500. The van der Waals surface area contributed by atoms with Crippen molar-refractivity contribution in [3.05, 3.63) is 17.5 Å². The Labute approximate surface area is 99.2 Å². The van der Waals surface area contributed by atoms with Crippen LogP contribution in [0.1, 0.15) is 19.3 Å². The lowest BCUT2D eigenvalue weighted by Crippen LogP contribution is -2.33. The van der Waals surface area contributed by atoms with Gasteiger partial charge >= 0.3 is 0 Å². The monoisotopic (exact) mass is 256 g/mol. The maximum Gasteiger partial charge on any atom is 0.252 e. The first kappa shape index (κ1) is 11.6. The Morgan fingerprint density at radius 1 is 1.56 bits per heavy atom. The second-order valence-electron chi connectivity index (χ2n) is 3.69. The number of rotatable bonds is 5. The van der Waals surface area contributed by atoms with Crippen LogP contribution in [0.4, 0.5) is 0 Å². The summed E-state index contributed by atoms with van der Waals surface area (Å²) in [5.74, 6) is 0. The summed E-state index contributed by atoms with van der Waals surface area (Å²) in [4.78, 5) is 0. The zero-order chi connectivity index (χ0) is 11.6. The molecule has 0 bridgehead atoms. The van der Waals surface area contributed by atoms with Crippen LogP contribution < -0.4 is 0 Å². The third-order valence-electron chi connectivity index (χ3n) is 2.46. The lowest BCUT2D eigenvalue weighted by atomic mass is 10.4. The van der Waals surface area contributed by atoms with Crippen LogP contribution >= 0.6 is 11.3 Å². The van der Waals surface area contributed by atoms with Gasteiger partial charge in [0.05, 0.1) is 6.07 Å². The number of nitrogens with zero attached hydrogens (tertiary/aromatic N) is 2. The van der Waals surface area contributed by atoms with E-state index in [1.807, 2.05) is 6.07 Å². The Morgan fingerprint density at radius 3 is 2.81 bits per heavy atom. The van der Waals surface area contributed by atoms with Gasteiger partial charge in [0.15, 0.2) is 0 Å². The average molecular weight is 256 g/mol. The first-order valence-electron chi connectivity index (χ1n) is 5.08. The van der Waals surface area contributed by atoms with E-state index in [0.717, 1.165) is 12.8 Å². The van der Waals surface area contributed by atoms with Gasteiger partial charge in [-0.2, -0.15) is 9.57 Å². The Kier molecular flexibility index (Phi) is 3.28. The van der Waals surface area contributed by atoms with Crippen LogP contribution in [-0.4, -0.2) is 25.3 Å². The van der Waals surface area contributed by atoms with Crippen molar-refractivity contribution in [3.8, 4) is 6.07 Å². The molecular formula is C10H12N2O2S2. The average Bonchev–Trinajstić information content (AvgIpc) is 2.92. The molecule has 1 heterocycles. The van der Waals surface area contributed by atoms with E-state index >= 15 is 0 Å². The van der Waals surface area contributed by atoms with Gasteiger partial charge in [-0.3, -0.25) is 0 Å². The van der Waals surface area contributed by atoms with Crippen LogP contribution in [0.2, 0.25) is 0 Å². The molecule has 1 aliphatic carbocycles. The molecule has 0 unspecified atom stereocenters. The maximum absolute atomic E-state index is 12.2. The Hall–Kier alpha value is -0.900. The van der Waals surface area contributed by atoms with Crippen molar-refractivity contribution in [3.63, 3.8) is 0 Å². The molecule has 1 aromatic heterocycles. The Balaban J connectivity index is 2.22. The third kappa shape index (κ3) is 2.26. The number of sulfonamides is 1. The van der Waals surface area contributed by atoms with Crippen molar-refractivity contribution < 1.29 is 8.42 Å². The highest BCUT2D eigenvalue weighted by Gasteiger charge is 2.37. The standard InChI is InChI=1S/C10H12N2O2S2/c11-6-2-7-12(9-4-5-9)16(13,14)10-3-1-8-15-10/h1,3,8-9H,2,4-5,7H2. The van der Waals surface area contributed by atoms with Crippen molar-refractivity contribution in [1.29, 1.82) is 5.26 Å². The quantitative estimate of drug-likeness (QED) is 0.807. The minimum Gasteiger partial charge on any atom is -0.206 e. The summed E-state index contributed by atoms with van der Waals surface area (Å²) in [6.45, 7) is 0.307. The van der Waals surface area contributed by atoms with Crippen LogP contribution in [0.3, 0.4) is 0 Å². The minimum absolute atomic E-state index is 0.112. The van der Waals surface area contributed by atoms with E-state index in [1.54, 1.807) is 17.5 Å². The number of thiophene rings is 1. The van der Waals surface area contributed by atoms with Gasteiger partial charge in [0, 0.05) is 19.0 Å². The molecule has 0 aliphatic heterocycles. The van der Waals surface area contributed by atoms with Gasteiger partial charge in [-0.05, 0) is 24.3 Å². The van der Waals surface area contributed by atoms with Crippen LogP contribution in [0.5, 0.6) is 0 Å². The summed E-state index contributed by atoms with van der Waals surface area (Å²) in [5.41, 5.74) is 0. The summed E-state index contributed by atoms with van der Waals surface area (Å²) < 4.78 is 26.3. The molecule has 1 aliphatic rings.